The molecule has 2 heterocycles. The molecule has 3 amide bonds. The lowest BCUT2D eigenvalue weighted by Crippen LogP contribution is -2.36. The van der Waals surface area contributed by atoms with Gasteiger partial charge in [0.25, 0.3) is 5.91 Å². The van der Waals surface area contributed by atoms with Gasteiger partial charge in [0.05, 0.1) is 6.26 Å². The van der Waals surface area contributed by atoms with Gasteiger partial charge in [-0.1, -0.05) is 6.07 Å². The number of carbonyl (C=O) groups is 3. The highest BCUT2D eigenvalue weighted by Crippen LogP contribution is 2.31. The maximum atomic E-state index is 12.6. The Kier molecular flexibility index (Phi) is 4.83. The molecule has 25 heavy (non-hydrogen) atoms. The molecule has 2 aromatic rings. The van der Waals surface area contributed by atoms with Gasteiger partial charge in [0.15, 0.2) is 5.76 Å². The molecule has 0 radical (unpaired) electrons. The van der Waals surface area contributed by atoms with Crippen molar-refractivity contribution in [2.75, 3.05) is 23.3 Å². The van der Waals surface area contributed by atoms with Gasteiger partial charge in [-0.3, -0.25) is 14.4 Å². The van der Waals surface area contributed by atoms with Crippen molar-refractivity contribution >= 4 is 29.1 Å². The molecule has 130 valence electrons. The van der Waals surface area contributed by atoms with E-state index in [1.165, 1.54) is 6.26 Å². The number of anilines is 2. The number of nitrogens with one attached hydrogen (secondary N) is 2. The largest absolute Gasteiger partial charge is 0.459 e. The summed E-state index contributed by atoms with van der Waals surface area (Å²) in [6, 6.07) is 8.60. The predicted octanol–water partition coefficient (Wildman–Crippen LogP) is 1.95. The van der Waals surface area contributed by atoms with Crippen LogP contribution in [0.25, 0.3) is 0 Å². The molecule has 1 aliphatic rings. The van der Waals surface area contributed by atoms with Gasteiger partial charge in [-0.05, 0) is 49.6 Å². The molecule has 0 atom stereocenters. The van der Waals surface area contributed by atoms with Crippen LogP contribution in [0.3, 0.4) is 0 Å². The smallest absolute Gasteiger partial charge is 0.313 e. The Labute approximate surface area is 145 Å². The molecule has 7 nitrogen and oxygen atoms in total. The fraction of sp³-hybridized carbons (Fsp3) is 0.278. The lowest BCUT2D eigenvalue weighted by Gasteiger charge is -2.29. The number of carbonyl (C=O) groups excluding carboxylic acids is 3. The molecular weight excluding hydrogens is 322 g/mol. The van der Waals surface area contributed by atoms with E-state index in [0.717, 1.165) is 24.1 Å². The Morgan fingerprint density at radius 2 is 2.04 bits per heavy atom. The SMILES string of the molecule is CCNC(=O)C(=O)Nc1ccc2c(c1)N(C(=O)c1ccco1)CCC2. The normalized spacial score (nSPS) is 13.1. The van der Waals surface area contributed by atoms with E-state index in [9.17, 15) is 14.4 Å². The lowest BCUT2D eigenvalue weighted by molar-refractivity contribution is -0.136. The molecule has 0 saturated carbocycles. The Hall–Kier alpha value is -3.09. The van der Waals surface area contributed by atoms with Gasteiger partial charge in [0, 0.05) is 24.5 Å². The number of aryl methyl sites for hydroxylation is 1. The number of amides is 3. The molecule has 0 unspecified atom stereocenters. The lowest BCUT2D eigenvalue weighted by atomic mass is 10.0. The highest BCUT2D eigenvalue weighted by atomic mass is 16.3. The number of fused-ring (bicyclic) bond motifs is 1. The molecule has 0 aliphatic carbocycles. The standard InChI is InChI=1S/C18H19N3O4/c1-2-19-16(22)17(23)20-13-8-7-12-5-3-9-21(14(12)11-13)18(24)15-6-4-10-25-15/h4,6-8,10-11H,2-3,5,9H2,1H3,(H,19,22)(H,20,23). The summed E-state index contributed by atoms with van der Waals surface area (Å²) >= 11 is 0. The number of rotatable bonds is 3. The van der Waals surface area contributed by atoms with Crippen molar-refractivity contribution < 1.29 is 18.8 Å². The molecule has 0 saturated heterocycles. The number of nitrogens with zero attached hydrogens (tertiary/aromatic N) is 1. The first-order chi connectivity index (χ1) is 12.1. The summed E-state index contributed by atoms with van der Waals surface area (Å²) in [5.41, 5.74) is 2.21. The average molecular weight is 341 g/mol. The molecule has 0 spiro atoms. The second-order valence-electron chi connectivity index (χ2n) is 5.69. The zero-order chi connectivity index (χ0) is 17.8. The number of likely N-dealkylation sites (N-methyl/N-ethyl adjacent to an activating group) is 1. The highest BCUT2D eigenvalue weighted by Gasteiger charge is 2.26. The Morgan fingerprint density at radius 3 is 2.76 bits per heavy atom. The average Bonchev–Trinajstić information content (AvgIpc) is 3.15. The van der Waals surface area contributed by atoms with Crippen molar-refractivity contribution in [2.24, 2.45) is 0 Å². The van der Waals surface area contributed by atoms with E-state index in [2.05, 4.69) is 10.6 Å². The van der Waals surface area contributed by atoms with E-state index >= 15 is 0 Å². The van der Waals surface area contributed by atoms with Crippen molar-refractivity contribution in [3.05, 3.63) is 47.9 Å². The quantitative estimate of drug-likeness (QED) is 0.835. The summed E-state index contributed by atoms with van der Waals surface area (Å²) in [6.07, 6.45) is 3.16. The van der Waals surface area contributed by atoms with Gasteiger partial charge in [0.2, 0.25) is 0 Å². The molecule has 1 aliphatic heterocycles. The minimum atomic E-state index is -0.735. The van der Waals surface area contributed by atoms with Crippen molar-refractivity contribution in [1.82, 2.24) is 5.32 Å². The molecule has 3 rings (SSSR count). The zero-order valence-corrected chi connectivity index (χ0v) is 13.9. The van der Waals surface area contributed by atoms with Crippen molar-refractivity contribution in [1.29, 1.82) is 0 Å². The number of benzene rings is 1. The first kappa shape index (κ1) is 16.8. The van der Waals surface area contributed by atoms with Gasteiger partial charge in [-0.15, -0.1) is 0 Å². The van der Waals surface area contributed by atoms with Crippen molar-refractivity contribution in [2.45, 2.75) is 19.8 Å². The van der Waals surface area contributed by atoms with Crippen LogP contribution in [-0.4, -0.2) is 30.8 Å². The molecule has 2 N–H and O–H groups in total. The Morgan fingerprint density at radius 1 is 1.20 bits per heavy atom. The van der Waals surface area contributed by atoms with E-state index in [1.54, 1.807) is 36.1 Å². The number of furan rings is 1. The molecule has 1 aromatic carbocycles. The van der Waals surface area contributed by atoms with E-state index in [1.807, 2.05) is 6.07 Å². The van der Waals surface area contributed by atoms with Crippen molar-refractivity contribution in [3.63, 3.8) is 0 Å². The van der Waals surface area contributed by atoms with Crippen LogP contribution >= 0.6 is 0 Å². The first-order valence-corrected chi connectivity index (χ1v) is 8.17. The maximum absolute atomic E-state index is 12.6. The summed E-state index contributed by atoms with van der Waals surface area (Å²) in [5.74, 6) is -1.38. The molecular formula is C18H19N3O4. The minimum Gasteiger partial charge on any atom is -0.459 e. The summed E-state index contributed by atoms with van der Waals surface area (Å²) in [6.45, 7) is 2.68. The van der Waals surface area contributed by atoms with Crippen LogP contribution in [0.2, 0.25) is 0 Å². The fourth-order valence-electron chi connectivity index (χ4n) is 2.83. The monoisotopic (exact) mass is 341 g/mol. The first-order valence-electron chi connectivity index (χ1n) is 8.17. The maximum Gasteiger partial charge on any atom is 0.313 e. The van der Waals surface area contributed by atoms with E-state index < -0.39 is 11.8 Å². The van der Waals surface area contributed by atoms with Crippen LogP contribution in [0.15, 0.2) is 41.0 Å². The summed E-state index contributed by atoms with van der Waals surface area (Å²) in [5, 5.41) is 5.00. The van der Waals surface area contributed by atoms with E-state index in [0.29, 0.717) is 18.8 Å². The summed E-state index contributed by atoms with van der Waals surface area (Å²) in [7, 11) is 0. The summed E-state index contributed by atoms with van der Waals surface area (Å²) < 4.78 is 5.20. The van der Waals surface area contributed by atoms with Crippen LogP contribution in [0, 0.1) is 0 Å². The zero-order valence-electron chi connectivity index (χ0n) is 13.9. The van der Waals surface area contributed by atoms with Crippen LogP contribution in [0.4, 0.5) is 11.4 Å². The minimum absolute atomic E-state index is 0.224. The van der Waals surface area contributed by atoms with Crippen LogP contribution < -0.4 is 15.5 Å². The predicted molar refractivity (Wildman–Crippen MR) is 92.5 cm³/mol. The molecule has 1 aromatic heterocycles. The fourth-order valence-corrected chi connectivity index (χ4v) is 2.83. The van der Waals surface area contributed by atoms with Gasteiger partial charge < -0.3 is 20.0 Å². The third kappa shape index (κ3) is 3.55. The van der Waals surface area contributed by atoms with Crippen LogP contribution in [0.5, 0.6) is 0 Å². The van der Waals surface area contributed by atoms with E-state index in [-0.39, 0.29) is 11.7 Å². The molecule has 7 heteroatoms. The van der Waals surface area contributed by atoms with Crippen molar-refractivity contribution in [3.8, 4) is 0 Å². The second kappa shape index (κ2) is 7.21. The third-order valence-corrected chi connectivity index (χ3v) is 3.98. The van der Waals surface area contributed by atoms with Gasteiger partial charge in [-0.25, -0.2) is 0 Å². The van der Waals surface area contributed by atoms with Gasteiger partial charge in [0.1, 0.15) is 0 Å². The third-order valence-electron chi connectivity index (χ3n) is 3.98. The second-order valence-corrected chi connectivity index (χ2v) is 5.69. The van der Waals surface area contributed by atoms with Crippen LogP contribution in [-0.2, 0) is 16.0 Å². The molecule has 0 fully saturated rings. The van der Waals surface area contributed by atoms with E-state index in [4.69, 9.17) is 4.42 Å². The Bertz CT molecular complexity index is 799. The van der Waals surface area contributed by atoms with Crippen LogP contribution in [0.1, 0.15) is 29.5 Å². The number of hydrogen-bond acceptors (Lipinski definition) is 4. The Balaban J connectivity index is 1.84. The summed E-state index contributed by atoms with van der Waals surface area (Å²) in [4.78, 5) is 37.7. The topological polar surface area (TPSA) is 91.7 Å². The highest BCUT2D eigenvalue weighted by molar-refractivity contribution is 6.39. The van der Waals surface area contributed by atoms with Gasteiger partial charge in [-0.2, -0.15) is 0 Å². The van der Waals surface area contributed by atoms with Gasteiger partial charge >= 0.3 is 11.8 Å². The number of hydrogen-bond donors (Lipinski definition) is 2. The molecule has 0 bridgehead atoms.